The van der Waals surface area contributed by atoms with Crippen LogP contribution in [0.5, 0.6) is 5.75 Å². The number of benzene rings is 2. The zero-order valence-electron chi connectivity index (χ0n) is 13.6. The third kappa shape index (κ3) is 4.24. The van der Waals surface area contributed by atoms with Crippen molar-refractivity contribution in [3.8, 4) is 5.75 Å². The first-order chi connectivity index (χ1) is 12.3. The van der Waals surface area contributed by atoms with Crippen LogP contribution in [-0.4, -0.2) is 16.8 Å². The van der Waals surface area contributed by atoms with Gasteiger partial charge in [-0.1, -0.05) is 23.8 Å². The molecule has 1 heterocycles. The highest BCUT2D eigenvalue weighted by Crippen LogP contribution is 2.24. The van der Waals surface area contributed by atoms with Crippen molar-refractivity contribution in [2.45, 2.75) is 16.0 Å². The van der Waals surface area contributed by atoms with Crippen molar-refractivity contribution in [2.24, 2.45) is 0 Å². The first kappa shape index (κ1) is 18.4. The number of sulfonamides is 1. The van der Waals surface area contributed by atoms with E-state index < -0.39 is 20.1 Å². The van der Waals surface area contributed by atoms with Crippen molar-refractivity contribution in [3.63, 3.8) is 0 Å². The minimum atomic E-state index is -3.89. The summed E-state index contributed by atoms with van der Waals surface area (Å²) in [6.07, 6.45) is 0. The normalized spacial score (nSPS) is 11.9. The second-order valence-corrected chi connectivity index (χ2v) is 9.82. The average molecular weight is 410 g/mol. The molecular weight excluding hydrogens is 394 g/mol. The lowest BCUT2D eigenvalue weighted by Gasteiger charge is -2.09. The molecule has 136 valence electrons. The summed E-state index contributed by atoms with van der Waals surface area (Å²) >= 11 is 1.05. The number of hydrogen-bond acceptors (Lipinski definition) is 6. The van der Waals surface area contributed by atoms with Crippen LogP contribution in [-0.2, 0) is 20.1 Å². The highest BCUT2D eigenvalue weighted by molar-refractivity contribution is 7.92. The number of anilines is 1. The average Bonchev–Trinajstić information content (AvgIpc) is 3.12. The largest absolute Gasteiger partial charge is 0.378 e. The van der Waals surface area contributed by atoms with Crippen LogP contribution < -0.4 is 8.91 Å². The van der Waals surface area contributed by atoms with Crippen molar-refractivity contribution in [3.05, 3.63) is 71.6 Å². The highest BCUT2D eigenvalue weighted by atomic mass is 32.3. The molecule has 0 aliphatic carbocycles. The Hall–Kier alpha value is -2.36. The van der Waals surface area contributed by atoms with Gasteiger partial charge in [0, 0.05) is 5.69 Å². The van der Waals surface area contributed by atoms with Gasteiger partial charge in [0.1, 0.15) is 5.75 Å². The Balaban J connectivity index is 1.75. The molecule has 0 amide bonds. The number of aryl methyl sites for hydroxylation is 1. The summed E-state index contributed by atoms with van der Waals surface area (Å²) in [6.45, 7) is 1.87. The molecule has 6 nitrogen and oxygen atoms in total. The molecule has 3 aromatic rings. The SMILES string of the molecule is Cc1ccc(S(=O)(=O)Nc2ccc(OS(=O)(=O)c3cccs3)cc2)cc1. The van der Waals surface area contributed by atoms with Gasteiger partial charge in [0.2, 0.25) is 0 Å². The van der Waals surface area contributed by atoms with Gasteiger partial charge in [-0.15, -0.1) is 11.3 Å². The molecule has 0 spiro atoms. The minimum Gasteiger partial charge on any atom is -0.378 e. The minimum absolute atomic E-state index is 0.0942. The molecular formula is C17H15NO5S3. The fraction of sp³-hybridized carbons (Fsp3) is 0.0588. The Labute approximate surface area is 156 Å². The van der Waals surface area contributed by atoms with E-state index in [9.17, 15) is 16.8 Å². The molecule has 2 aromatic carbocycles. The number of hydrogen-bond donors (Lipinski definition) is 1. The van der Waals surface area contributed by atoms with E-state index >= 15 is 0 Å². The molecule has 0 fully saturated rings. The second-order valence-electron chi connectivity index (χ2n) is 5.41. The second kappa shape index (κ2) is 7.10. The quantitative estimate of drug-likeness (QED) is 0.628. The Morgan fingerprint density at radius 1 is 0.885 bits per heavy atom. The summed E-state index contributed by atoms with van der Waals surface area (Å²) in [6, 6.07) is 15.2. The summed E-state index contributed by atoms with van der Waals surface area (Å²) in [4.78, 5) is 0.142. The molecule has 0 aliphatic heterocycles. The van der Waals surface area contributed by atoms with Gasteiger partial charge in [-0.3, -0.25) is 4.72 Å². The van der Waals surface area contributed by atoms with Crippen LogP contribution in [0, 0.1) is 6.92 Å². The van der Waals surface area contributed by atoms with Gasteiger partial charge in [-0.25, -0.2) is 8.42 Å². The predicted octanol–water partition coefficient (Wildman–Crippen LogP) is 3.63. The van der Waals surface area contributed by atoms with E-state index in [1.165, 1.54) is 42.5 Å². The smallest absolute Gasteiger partial charge is 0.348 e. The van der Waals surface area contributed by atoms with Crippen LogP contribution in [0.4, 0.5) is 5.69 Å². The molecule has 1 N–H and O–H groups in total. The summed E-state index contributed by atoms with van der Waals surface area (Å²) < 4.78 is 56.4. The van der Waals surface area contributed by atoms with E-state index in [0.717, 1.165) is 16.9 Å². The van der Waals surface area contributed by atoms with E-state index in [1.54, 1.807) is 23.6 Å². The zero-order valence-corrected chi connectivity index (χ0v) is 16.1. The fourth-order valence-electron chi connectivity index (χ4n) is 2.08. The molecule has 9 heteroatoms. The molecule has 3 rings (SSSR count). The van der Waals surface area contributed by atoms with Crippen LogP contribution in [0.25, 0.3) is 0 Å². The maximum Gasteiger partial charge on any atom is 0.348 e. The first-order valence-corrected chi connectivity index (χ1v) is 11.2. The first-order valence-electron chi connectivity index (χ1n) is 7.44. The molecule has 0 aliphatic rings. The van der Waals surface area contributed by atoms with Crippen molar-refractivity contribution >= 4 is 37.2 Å². The molecule has 0 saturated carbocycles. The van der Waals surface area contributed by atoms with Gasteiger partial charge in [-0.05, 0) is 54.8 Å². The van der Waals surface area contributed by atoms with Crippen molar-refractivity contribution in [2.75, 3.05) is 4.72 Å². The maximum absolute atomic E-state index is 12.3. The van der Waals surface area contributed by atoms with Crippen LogP contribution in [0.15, 0.2) is 75.1 Å². The monoisotopic (exact) mass is 409 g/mol. The predicted molar refractivity (Wildman–Crippen MR) is 101 cm³/mol. The molecule has 0 saturated heterocycles. The van der Waals surface area contributed by atoms with Crippen LogP contribution in [0.1, 0.15) is 5.56 Å². The summed E-state index contributed by atoms with van der Waals surface area (Å²) in [5, 5.41) is 1.64. The molecule has 0 radical (unpaired) electrons. The van der Waals surface area contributed by atoms with Gasteiger partial charge in [0.15, 0.2) is 4.21 Å². The number of thiophene rings is 1. The highest BCUT2D eigenvalue weighted by Gasteiger charge is 2.18. The fourth-order valence-corrected chi connectivity index (χ4v) is 5.02. The lowest BCUT2D eigenvalue weighted by atomic mass is 10.2. The Kier molecular flexibility index (Phi) is 5.03. The third-order valence-electron chi connectivity index (χ3n) is 3.39. The van der Waals surface area contributed by atoms with E-state index in [0.29, 0.717) is 5.69 Å². The maximum atomic E-state index is 12.3. The standard InChI is InChI=1S/C17H15NO5S3/c1-13-4-10-16(11-5-13)25(19,20)18-14-6-8-15(9-7-14)23-26(21,22)17-3-2-12-24-17/h2-12,18H,1H3. The number of nitrogens with one attached hydrogen (secondary N) is 1. The van der Waals surface area contributed by atoms with E-state index in [4.69, 9.17) is 4.18 Å². The van der Waals surface area contributed by atoms with Gasteiger partial charge < -0.3 is 4.18 Å². The van der Waals surface area contributed by atoms with Gasteiger partial charge in [0.05, 0.1) is 4.90 Å². The van der Waals surface area contributed by atoms with Crippen molar-refractivity contribution in [1.82, 2.24) is 0 Å². The molecule has 1 aromatic heterocycles. The molecule has 0 bridgehead atoms. The van der Waals surface area contributed by atoms with Gasteiger partial charge >= 0.3 is 10.1 Å². The molecule has 0 atom stereocenters. The number of rotatable bonds is 6. The Morgan fingerprint density at radius 3 is 2.12 bits per heavy atom. The van der Waals surface area contributed by atoms with Gasteiger partial charge in [0.25, 0.3) is 10.0 Å². The van der Waals surface area contributed by atoms with Crippen molar-refractivity contribution < 1.29 is 21.0 Å². The lowest BCUT2D eigenvalue weighted by molar-refractivity contribution is 0.488. The van der Waals surface area contributed by atoms with E-state index in [2.05, 4.69) is 4.72 Å². The summed E-state index contributed by atoms with van der Waals surface area (Å²) in [5.41, 5.74) is 1.25. The van der Waals surface area contributed by atoms with Crippen LogP contribution in [0.2, 0.25) is 0 Å². The van der Waals surface area contributed by atoms with Crippen LogP contribution >= 0.6 is 11.3 Å². The Bertz CT molecular complexity index is 1090. The molecule has 26 heavy (non-hydrogen) atoms. The van der Waals surface area contributed by atoms with Crippen LogP contribution in [0.3, 0.4) is 0 Å². The lowest BCUT2D eigenvalue weighted by Crippen LogP contribution is -2.13. The van der Waals surface area contributed by atoms with Crippen molar-refractivity contribution in [1.29, 1.82) is 0 Å². The summed E-state index contributed by atoms with van der Waals surface area (Å²) in [7, 11) is -7.61. The van der Waals surface area contributed by atoms with Gasteiger partial charge in [-0.2, -0.15) is 8.42 Å². The topological polar surface area (TPSA) is 89.5 Å². The third-order valence-corrected chi connectivity index (χ3v) is 7.39. The zero-order chi connectivity index (χ0) is 18.8. The Morgan fingerprint density at radius 2 is 1.54 bits per heavy atom. The molecule has 0 unspecified atom stereocenters. The van der Waals surface area contributed by atoms with E-state index in [-0.39, 0.29) is 14.9 Å². The summed E-state index contributed by atoms with van der Waals surface area (Å²) in [5.74, 6) is 0.0942. The van der Waals surface area contributed by atoms with E-state index in [1.807, 2.05) is 6.92 Å².